The topological polar surface area (TPSA) is 92.4 Å². The van der Waals surface area contributed by atoms with Crippen molar-refractivity contribution in [3.63, 3.8) is 0 Å². The van der Waals surface area contributed by atoms with Crippen LogP contribution in [-0.2, 0) is 0 Å². The average molecular weight is 973 g/mol. The van der Waals surface area contributed by atoms with Gasteiger partial charge < -0.3 is 18.1 Å². The molecule has 0 amide bonds. The molecule has 0 aliphatic rings. The minimum atomic E-state index is 0.462. The fourth-order valence-electron chi connectivity index (χ4n) is 11.8. The Morgan fingerprint density at radius 1 is 0.276 bits per heavy atom. The molecule has 0 unspecified atom stereocenters. The summed E-state index contributed by atoms with van der Waals surface area (Å²) in [7, 11) is 0. The number of aromatic nitrogens is 8. The summed E-state index contributed by atoms with van der Waals surface area (Å²) in [5.41, 5.74) is 13.6. The maximum atomic E-state index is 7.41. The summed E-state index contributed by atoms with van der Waals surface area (Å²) in [6.45, 7) is 0. The zero-order valence-corrected chi connectivity index (χ0v) is 40.6. The lowest BCUT2D eigenvalue weighted by Crippen LogP contribution is -2.12. The summed E-state index contributed by atoms with van der Waals surface area (Å²) < 4.78 is 14.8. The van der Waals surface area contributed by atoms with Crippen molar-refractivity contribution in [2.45, 2.75) is 0 Å². The van der Waals surface area contributed by atoms with Gasteiger partial charge in [-0.3, -0.25) is 0 Å². The van der Waals surface area contributed by atoms with E-state index in [0.717, 1.165) is 116 Å². The molecule has 0 spiro atoms. The molecular formula is C67H40N8O. The van der Waals surface area contributed by atoms with Gasteiger partial charge in [-0.15, -0.1) is 0 Å². The van der Waals surface area contributed by atoms with E-state index in [9.17, 15) is 0 Å². The third-order valence-electron chi connectivity index (χ3n) is 15.0. The summed E-state index contributed by atoms with van der Waals surface area (Å²) in [5.74, 6) is 2.05. The normalized spacial score (nSPS) is 11.9. The van der Waals surface area contributed by atoms with Gasteiger partial charge in [-0.05, 0) is 42.5 Å². The van der Waals surface area contributed by atoms with Crippen molar-refractivity contribution < 1.29 is 4.42 Å². The molecule has 16 aromatic rings. The van der Waals surface area contributed by atoms with Crippen molar-refractivity contribution in [1.82, 2.24) is 38.6 Å². The Hall–Kier alpha value is -10.5. The Morgan fingerprint density at radius 2 is 0.605 bits per heavy atom. The first-order valence-corrected chi connectivity index (χ1v) is 25.4. The highest BCUT2D eigenvalue weighted by atomic mass is 16.3. The maximum Gasteiger partial charge on any atom is 0.167 e. The lowest BCUT2D eigenvalue weighted by Gasteiger charge is -2.25. The molecule has 0 N–H and O–H groups in total. The molecule has 0 aliphatic carbocycles. The maximum absolute atomic E-state index is 7.41. The number of nitrogens with zero attached hydrogens (tertiary/aromatic N) is 8. The molecule has 76 heavy (non-hydrogen) atoms. The number of hydrogen-bond donors (Lipinski definition) is 0. The van der Waals surface area contributed by atoms with E-state index in [1.54, 1.807) is 0 Å². The highest BCUT2D eigenvalue weighted by Crippen LogP contribution is 2.52. The Bertz CT molecular complexity index is 4770. The van der Waals surface area contributed by atoms with Crippen LogP contribution in [0, 0.1) is 0 Å². The molecular weight excluding hydrogens is 933 g/mol. The Kier molecular flexibility index (Phi) is 9.13. The Balaban J connectivity index is 1.11. The molecule has 0 saturated heterocycles. The number of furan rings is 1. The van der Waals surface area contributed by atoms with Gasteiger partial charge >= 0.3 is 0 Å². The van der Waals surface area contributed by atoms with Gasteiger partial charge in [-0.2, -0.15) is 0 Å². The predicted molar refractivity (Wildman–Crippen MR) is 307 cm³/mol. The molecule has 0 aliphatic heterocycles. The minimum absolute atomic E-state index is 0.462. The van der Waals surface area contributed by atoms with E-state index >= 15 is 0 Å². The number of hydrogen-bond acceptors (Lipinski definition) is 6. The summed E-state index contributed by atoms with van der Waals surface area (Å²) >= 11 is 0. The van der Waals surface area contributed by atoms with E-state index in [1.165, 1.54) is 0 Å². The number of fused-ring (bicyclic) bond motifs is 12. The molecule has 6 aromatic heterocycles. The molecule has 6 heterocycles. The van der Waals surface area contributed by atoms with Crippen molar-refractivity contribution in [2.75, 3.05) is 0 Å². The Labute approximate surface area is 433 Å². The van der Waals surface area contributed by atoms with Gasteiger partial charge in [0.2, 0.25) is 0 Å². The van der Waals surface area contributed by atoms with Crippen LogP contribution in [0.4, 0.5) is 0 Å². The van der Waals surface area contributed by atoms with Crippen molar-refractivity contribution in [3.8, 4) is 62.6 Å². The van der Waals surface area contributed by atoms with Crippen LogP contribution < -0.4 is 0 Å². The molecule has 9 nitrogen and oxygen atoms in total. The summed E-state index contributed by atoms with van der Waals surface area (Å²) in [5, 5.41) is 8.72. The van der Waals surface area contributed by atoms with Crippen LogP contribution in [0.5, 0.6) is 0 Å². The second-order valence-electron chi connectivity index (χ2n) is 19.2. The fourth-order valence-corrected chi connectivity index (χ4v) is 11.8. The number of benzene rings is 10. The van der Waals surface area contributed by atoms with E-state index in [2.05, 4.69) is 177 Å². The number of rotatable bonds is 7. The summed E-state index contributed by atoms with van der Waals surface area (Å²) in [4.78, 5) is 26.0. The highest BCUT2D eigenvalue weighted by molar-refractivity contribution is 6.22. The molecule has 0 fully saturated rings. The smallest absolute Gasteiger partial charge is 0.167 e. The SMILES string of the molecule is c1ccc(-c2nc(-c3ccccc3)nc(-c3cnc(-c4c(-n5c6ccccc6c6ccccc65)c(-n5c6ccccc6c6ccccc65)c(-n5c6ccccc6c6ccccc65)c5c4oc4ccccc45)nc3)n2)cc1. The van der Waals surface area contributed by atoms with Gasteiger partial charge in [0.25, 0.3) is 0 Å². The van der Waals surface area contributed by atoms with Gasteiger partial charge in [-0.25, -0.2) is 24.9 Å². The Morgan fingerprint density at radius 3 is 1.03 bits per heavy atom. The van der Waals surface area contributed by atoms with E-state index < -0.39 is 0 Å². The molecule has 10 aromatic carbocycles. The van der Waals surface area contributed by atoms with Crippen LogP contribution in [0.3, 0.4) is 0 Å². The fraction of sp³-hybridized carbons (Fsp3) is 0. The van der Waals surface area contributed by atoms with Crippen molar-refractivity contribution in [2.24, 2.45) is 0 Å². The molecule has 0 atom stereocenters. The molecule has 9 heteroatoms. The molecule has 16 rings (SSSR count). The highest BCUT2D eigenvalue weighted by Gasteiger charge is 2.34. The third-order valence-corrected chi connectivity index (χ3v) is 15.0. The second kappa shape index (κ2) is 16.5. The van der Waals surface area contributed by atoms with Crippen LogP contribution in [0.25, 0.3) is 150 Å². The standard InChI is InChI=1S/C67H40N8O/c1-3-21-41(22-4-1)64-70-65(42-23-5-2-6-24-42)72-66(71-64)43-39-68-67(69-40-43)59-61(74-53-34-16-9-27-46(53)47-28-10-17-35-54(47)74)62(75-55-36-18-11-29-48(55)49-30-12-19-37-56(49)75)60(58-50-31-13-20-38-57(50)76-63(58)59)73-51-32-14-7-25-44(51)45-26-8-15-33-52(45)73/h1-40H. The molecule has 0 saturated carbocycles. The van der Waals surface area contributed by atoms with Crippen molar-refractivity contribution in [1.29, 1.82) is 0 Å². The van der Waals surface area contributed by atoms with Gasteiger partial charge in [-0.1, -0.05) is 188 Å². The molecule has 0 radical (unpaired) electrons. The van der Waals surface area contributed by atoms with E-state index in [1.807, 2.05) is 79.1 Å². The summed E-state index contributed by atoms with van der Waals surface area (Å²) in [6, 6.07) is 80.7. The van der Waals surface area contributed by atoms with Crippen LogP contribution in [-0.4, -0.2) is 38.6 Å². The van der Waals surface area contributed by atoms with E-state index in [-0.39, 0.29) is 0 Å². The van der Waals surface area contributed by atoms with Gasteiger partial charge in [0.05, 0.1) is 66.7 Å². The first-order chi connectivity index (χ1) is 37.7. The van der Waals surface area contributed by atoms with Crippen LogP contribution in [0.15, 0.2) is 247 Å². The lowest BCUT2D eigenvalue weighted by atomic mass is 9.99. The van der Waals surface area contributed by atoms with Gasteiger partial charge in [0, 0.05) is 61.2 Å². The second-order valence-corrected chi connectivity index (χ2v) is 19.2. The van der Waals surface area contributed by atoms with E-state index in [0.29, 0.717) is 34.4 Å². The third kappa shape index (κ3) is 6.17. The zero-order chi connectivity index (χ0) is 49.8. The predicted octanol–water partition coefficient (Wildman–Crippen LogP) is 16.5. The van der Waals surface area contributed by atoms with E-state index in [4.69, 9.17) is 29.3 Å². The zero-order valence-electron chi connectivity index (χ0n) is 40.6. The molecule has 0 bridgehead atoms. The van der Waals surface area contributed by atoms with Gasteiger partial charge in [0.15, 0.2) is 28.9 Å². The summed E-state index contributed by atoms with van der Waals surface area (Å²) in [6.07, 6.45) is 3.68. The van der Waals surface area contributed by atoms with Crippen molar-refractivity contribution >= 4 is 87.4 Å². The minimum Gasteiger partial charge on any atom is -0.455 e. The number of para-hydroxylation sites is 7. The molecule has 354 valence electrons. The van der Waals surface area contributed by atoms with Gasteiger partial charge in [0.1, 0.15) is 5.58 Å². The first-order valence-electron chi connectivity index (χ1n) is 25.4. The average Bonchev–Trinajstić information content (AvgIpc) is 4.41. The van der Waals surface area contributed by atoms with Crippen molar-refractivity contribution in [3.05, 3.63) is 243 Å². The van der Waals surface area contributed by atoms with Crippen LogP contribution in [0.1, 0.15) is 0 Å². The lowest BCUT2D eigenvalue weighted by molar-refractivity contribution is 0.669. The van der Waals surface area contributed by atoms with Crippen LogP contribution in [0.2, 0.25) is 0 Å². The van der Waals surface area contributed by atoms with Crippen LogP contribution >= 0.6 is 0 Å². The quantitative estimate of drug-likeness (QED) is 0.158. The first kappa shape index (κ1) is 42.0. The monoisotopic (exact) mass is 972 g/mol. The largest absolute Gasteiger partial charge is 0.455 e.